The van der Waals surface area contributed by atoms with E-state index in [1.165, 1.54) is 6.07 Å². The van der Waals surface area contributed by atoms with E-state index in [2.05, 4.69) is 32.2 Å². The fourth-order valence-corrected chi connectivity index (χ4v) is 1.81. The minimum Gasteiger partial charge on any atom is -0.352 e. The van der Waals surface area contributed by atoms with Crippen molar-refractivity contribution in [1.82, 2.24) is 10.3 Å². The Hall–Kier alpha value is -1.41. The quantitative estimate of drug-likeness (QED) is 0.498. The topological polar surface area (TPSA) is 42.0 Å². The summed E-state index contributed by atoms with van der Waals surface area (Å²) in [4.78, 5) is 15.1. The number of rotatable bonds is 6. The van der Waals surface area contributed by atoms with Crippen LogP contribution in [0.1, 0.15) is 31.2 Å². The van der Waals surface area contributed by atoms with Crippen molar-refractivity contribution in [2.45, 2.75) is 32.2 Å². The monoisotopic (exact) mass is 312 g/mol. The average molecular weight is 313 g/mol. The molecule has 1 heterocycles. The van der Waals surface area contributed by atoms with Gasteiger partial charge in [0.1, 0.15) is 4.60 Å². The number of unbranched alkanes of at least 4 members (excludes halogenated alkanes) is 2. The lowest BCUT2D eigenvalue weighted by Crippen LogP contribution is -2.22. The molecule has 0 saturated carbocycles. The SMILES string of the molecule is C#CCCCCC(=O)NCc1ccc(F)nc1Br. The maximum atomic E-state index is 12.7. The van der Waals surface area contributed by atoms with Crippen LogP contribution in [0.15, 0.2) is 16.7 Å². The zero-order valence-corrected chi connectivity index (χ0v) is 11.5. The highest BCUT2D eigenvalue weighted by atomic mass is 79.9. The van der Waals surface area contributed by atoms with Crippen LogP contribution >= 0.6 is 15.9 Å². The number of nitrogens with one attached hydrogen (secondary N) is 1. The summed E-state index contributed by atoms with van der Waals surface area (Å²) < 4.78 is 13.2. The van der Waals surface area contributed by atoms with Crippen LogP contribution in [0, 0.1) is 18.3 Å². The van der Waals surface area contributed by atoms with Gasteiger partial charge >= 0.3 is 0 Å². The van der Waals surface area contributed by atoms with Gasteiger partial charge in [-0.2, -0.15) is 4.39 Å². The Labute approximate surface area is 114 Å². The predicted molar refractivity (Wildman–Crippen MR) is 71.0 cm³/mol. The molecular weight excluding hydrogens is 299 g/mol. The van der Waals surface area contributed by atoms with Crippen LogP contribution in [0.3, 0.4) is 0 Å². The van der Waals surface area contributed by atoms with Crippen molar-refractivity contribution in [3.05, 3.63) is 28.2 Å². The Bertz CT molecular complexity index is 457. The molecule has 1 rings (SSSR count). The van der Waals surface area contributed by atoms with Crippen molar-refractivity contribution < 1.29 is 9.18 Å². The van der Waals surface area contributed by atoms with E-state index < -0.39 is 5.95 Å². The van der Waals surface area contributed by atoms with E-state index in [0.717, 1.165) is 18.4 Å². The summed E-state index contributed by atoms with van der Waals surface area (Å²) in [6.07, 6.45) is 7.89. The minimum absolute atomic E-state index is 0.0387. The van der Waals surface area contributed by atoms with E-state index in [9.17, 15) is 9.18 Å². The summed E-state index contributed by atoms with van der Waals surface area (Å²) in [6.45, 7) is 0.335. The van der Waals surface area contributed by atoms with Gasteiger partial charge in [-0.15, -0.1) is 12.3 Å². The lowest BCUT2D eigenvalue weighted by atomic mass is 10.2. The minimum atomic E-state index is -0.550. The Morgan fingerprint density at radius 2 is 2.28 bits per heavy atom. The van der Waals surface area contributed by atoms with Crippen molar-refractivity contribution in [3.63, 3.8) is 0 Å². The van der Waals surface area contributed by atoms with Crippen LogP contribution in [-0.4, -0.2) is 10.9 Å². The van der Waals surface area contributed by atoms with Gasteiger partial charge in [-0.05, 0) is 34.8 Å². The summed E-state index contributed by atoms with van der Waals surface area (Å²) in [5.41, 5.74) is 0.744. The first-order chi connectivity index (χ1) is 8.63. The first-order valence-corrected chi connectivity index (χ1v) is 6.44. The largest absolute Gasteiger partial charge is 0.352 e. The predicted octanol–water partition coefficient (Wildman–Crippen LogP) is 2.79. The summed E-state index contributed by atoms with van der Waals surface area (Å²) in [7, 11) is 0. The fraction of sp³-hybridized carbons (Fsp3) is 0.385. The van der Waals surface area contributed by atoms with Crippen LogP contribution in [0.25, 0.3) is 0 Å². The van der Waals surface area contributed by atoms with Crippen molar-refractivity contribution >= 4 is 21.8 Å². The molecule has 1 aromatic heterocycles. The van der Waals surface area contributed by atoms with Crippen LogP contribution in [0.4, 0.5) is 4.39 Å². The number of hydrogen-bond acceptors (Lipinski definition) is 2. The number of halogens is 2. The molecule has 0 aliphatic carbocycles. The van der Waals surface area contributed by atoms with Gasteiger partial charge in [0.05, 0.1) is 0 Å². The zero-order chi connectivity index (χ0) is 13.4. The third-order valence-electron chi connectivity index (χ3n) is 2.34. The third-order valence-corrected chi connectivity index (χ3v) is 3.03. The first kappa shape index (κ1) is 14.7. The number of terminal acetylenes is 1. The molecule has 0 unspecified atom stereocenters. The summed E-state index contributed by atoms with van der Waals surface area (Å²) >= 11 is 3.15. The van der Waals surface area contributed by atoms with E-state index in [4.69, 9.17) is 6.42 Å². The van der Waals surface area contributed by atoms with Gasteiger partial charge in [0.25, 0.3) is 0 Å². The van der Waals surface area contributed by atoms with Gasteiger partial charge in [0.2, 0.25) is 11.9 Å². The average Bonchev–Trinajstić information content (AvgIpc) is 2.33. The van der Waals surface area contributed by atoms with E-state index in [1.54, 1.807) is 6.07 Å². The Morgan fingerprint density at radius 3 is 2.94 bits per heavy atom. The van der Waals surface area contributed by atoms with Crippen molar-refractivity contribution in [2.75, 3.05) is 0 Å². The van der Waals surface area contributed by atoms with Gasteiger partial charge in [-0.3, -0.25) is 4.79 Å². The number of hydrogen-bond donors (Lipinski definition) is 1. The lowest BCUT2D eigenvalue weighted by molar-refractivity contribution is -0.121. The van der Waals surface area contributed by atoms with E-state index in [1.807, 2.05) is 0 Å². The molecule has 1 N–H and O–H groups in total. The zero-order valence-electron chi connectivity index (χ0n) is 9.88. The number of pyridine rings is 1. The van der Waals surface area contributed by atoms with E-state index in [-0.39, 0.29) is 5.91 Å². The highest BCUT2D eigenvalue weighted by molar-refractivity contribution is 9.10. The number of carbonyl (C=O) groups excluding carboxylic acids is 1. The number of aromatic nitrogens is 1. The number of nitrogens with zero attached hydrogens (tertiary/aromatic N) is 1. The molecule has 0 bridgehead atoms. The number of carbonyl (C=O) groups is 1. The van der Waals surface area contributed by atoms with Crippen molar-refractivity contribution in [1.29, 1.82) is 0 Å². The lowest BCUT2D eigenvalue weighted by Gasteiger charge is -2.06. The number of amides is 1. The highest BCUT2D eigenvalue weighted by Crippen LogP contribution is 2.13. The van der Waals surface area contributed by atoms with Crippen LogP contribution in [-0.2, 0) is 11.3 Å². The molecular formula is C13H14BrFN2O. The molecule has 1 aromatic rings. The van der Waals surface area contributed by atoms with Crippen LogP contribution < -0.4 is 5.32 Å². The molecule has 0 radical (unpaired) electrons. The molecule has 0 aliphatic rings. The molecule has 0 fully saturated rings. The van der Waals surface area contributed by atoms with Gasteiger partial charge in [0, 0.05) is 24.9 Å². The standard InChI is InChI=1S/C13H14BrFN2O/c1-2-3-4-5-6-12(18)16-9-10-7-8-11(15)17-13(10)14/h1,7-8H,3-6,9H2,(H,16,18). The van der Waals surface area contributed by atoms with Crippen LogP contribution in [0.2, 0.25) is 0 Å². The van der Waals surface area contributed by atoms with E-state index in [0.29, 0.717) is 24.0 Å². The summed E-state index contributed by atoms with van der Waals surface area (Å²) in [5, 5.41) is 2.75. The smallest absolute Gasteiger partial charge is 0.220 e. The first-order valence-electron chi connectivity index (χ1n) is 5.64. The maximum Gasteiger partial charge on any atom is 0.220 e. The molecule has 3 nitrogen and oxygen atoms in total. The molecule has 0 atom stereocenters. The normalized spacial score (nSPS) is 9.83. The fourth-order valence-electron chi connectivity index (χ4n) is 1.37. The molecule has 96 valence electrons. The third kappa shape index (κ3) is 5.28. The molecule has 5 heteroatoms. The second kappa shape index (κ2) is 7.83. The van der Waals surface area contributed by atoms with Crippen molar-refractivity contribution in [2.24, 2.45) is 0 Å². The van der Waals surface area contributed by atoms with Gasteiger partial charge < -0.3 is 5.32 Å². The Kier molecular flexibility index (Phi) is 6.37. The Morgan fingerprint density at radius 1 is 1.50 bits per heavy atom. The molecule has 1 amide bonds. The van der Waals surface area contributed by atoms with Gasteiger partial charge in [-0.25, -0.2) is 4.98 Å². The molecule has 18 heavy (non-hydrogen) atoms. The molecule has 0 aliphatic heterocycles. The van der Waals surface area contributed by atoms with Crippen LogP contribution in [0.5, 0.6) is 0 Å². The van der Waals surface area contributed by atoms with Gasteiger partial charge in [0.15, 0.2) is 0 Å². The van der Waals surface area contributed by atoms with E-state index >= 15 is 0 Å². The molecule has 0 spiro atoms. The van der Waals surface area contributed by atoms with Gasteiger partial charge in [-0.1, -0.05) is 6.07 Å². The molecule has 0 aromatic carbocycles. The summed E-state index contributed by atoms with van der Waals surface area (Å²) in [6, 6.07) is 2.85. The van der Waals surface area contributed by atoms with Crippen molar-refractivity contribution in [3.8, 4) is 12.3 Å². The highest BCUT2D eigenvalue weighted by Gasteiger charge is 2.05. The summed E-state index contributed by atoms with van der Waals surface area (Å²) in [5.74, 6) is 1.94. The maximum absolute atomic E-state index is 12.7. The molecule has 0 saturated heterocycles. The Balaban J connectivity index is 2.32. The second-order valence-corrected chi connectivity index (χ2v) is 4.52. The second-order valence-electron chi connectivity index (χ2n) is 3.77.